The molecule has 80 valence electrons. The van der Waals surface area contributed by atoms with E-state index in [0.29, 0.717) is 5.92 Å². The monoisotopic (exact) mass is 302 g/mol. The molecular formula is C12H12BrClS. The van der Waals surface area contributed by atoms with E-state index in [9.17, 15) is 0 Å². The number of rotatable bonds is 2. The van der Waals surface area contributed by atoms with Crippen molar-refractivity contribution in [1.82, 2.24) is 0 Å². The van der Waals surface area contributed by atoms with Gasteiger partial charge >= 0.3 is 0 Å². The molecule has 1 aromatic heterocycles. The molecule has 0 bridgehead atoms. The Kier molecular flexibility index (Phi) is 3.39. The lowest BCUT2D eigenvalue weighted by molar-refractivity contribution is 0.628. The van der Waals surface area contributed by atoms with Gasteiger partial charge in [0.25, 0.3) is 0 Å². The van der Waals surface area contributed by atoms with Crippen molar-refractivity contribution in [1.29, 1.82) is 0 Å². The minimum absolute atomic E-state index is 0.105. The van der Waals surface area contributed by atoms with Crippen molar-refractivity contribution in [3.05, 3.63) is 33.6 Å². The van der Waals surface area contributed by atoms with Crippen LogP contribution in [-0.4, -0.2) is 0 Å². The molecule has 1 unspecified atom stereocenters. The molecule has 0 saturated carbocycles. The van der Waals surface area contributed by atoms with Gasteiger partial charge in [-0.15, -0.1) is 22.9 Å². The summed E-state index contributed by atoms with van der Waals surface area (Å²) in [4.78, 5) is 0. The van der Waals surface area contributed by atoms with Crippen molar-refractivity contribution in [2.75, 3.05) is 0 Å². The summed E-state index contributed by atoms with van der Waals surface area (Å²) in [6.07, 6.45) is 0. The highest BCUT2D eigenvalue weighted by Crippen LogP contribution is 2.39. The Labute approximate surface area is 107 Å². The van der Waals surface area contributed by atoms with E-state index in [-0.39, 0.29) is 5.38 Å². The summed E-state index contributed by atoms with van der Waals surface area (Å²) in [5.74, 6) is 0.462. The molecule has 0 aliphatic rings. The fourth-order valence-corrected chi connectivity index (χ4v) is 3.53. The molecule has 1 aromatic carbocycles. The van der Waals surface area contributed by atoms with Crippen molar-refractivity contribution in [3.63, 3.8) is 0 Å². The van der Waals surface area contributed by atoms with Crippen molar-refractivity contribution in [2.45, 2.75) is 19.2 Å². The number of thiophene rings is 1. The first-order valence-corrected chi connectivity index (χ1v) is 7.02. The van der Waals surface area contributed by atoms with Crippen LogP contribution in [-0.2, 0) is 0 Å². The average Bonchev–Trinajstić information content (AvgIpc) is 2.61. The fourth-order valence-electron chi connectivity index (χ4n) is 1.61. The largest absolute Gasteiger partial charge is 0.142 e. The van der Waals surface area contributed by atoms with Gasteiger partial charge in [0.05, 0.1) is 5.38 Å². The van der Waals surface area contributed by atoms with Crippen LogP contribution in [0.15, 0.2) is 28.1 Å². The third kappa shape index (κ3) is 2.08. The van der Waals surface area contributed by atoms with Crippen LogP contribution in [0.25, 0.3) is 10.1 Å². The number of benzene rings is 1. The number of hydrogen-bond acceptors (Lipinski definition) is 1. The van der Waals surface area contributed by atoms with E-state index in [1.807, 2.05) is 0 Å². The molecule has 0 fully saturated rings. The van der Waals surface area contributed by atoms with Crippen LogP contribution in [0.3, 0.4) is 0 Å². The Morgan fingerprint density at radius 2 is 2.07 bits per heavy atom. The van der Waals surface area contributed by atoms with E-state index in [1.54, 1.807) is 11.3 Å². The van der Waals surface area contributed by atoms with Crippen molar-refractivity contribution >= 4 is 49.0 Å². The van der Waals surface area contributed by atoms with Crippen LogP contribution < -0.4 is 0 Å². The van der Waals surface area contributed by atoms with E-state index in [4.69, 9.17) is 11.6 Å². The Balaban J connectivity index is 2.59. The van der Waals surface area contributed by atoms with Gasteiger partial charge in [-0.25, -0.2) is 0 Å². The van der Waals surface area contributed by atoms with Crippen LogP contribution in [0, 0.1) is 5.92 Å². The lowest BCUT2D eigenvalue weighted by Crippen LogP contribution is -1.97. The molecule has 15 heavy (non-hydrogen) atoms. The smallest absolute Gasteiger partial charge is 0.0622 e. The highest BCUT2D eigenvalue weighted by atomic mass is 79.9. The minimum Gasteiger partial charge on any atom is -0.142 e. The third-order valence-electron chi connectivity index (χ3n) is 2.46. The first kappa shape index (κ1) is 11.4. The zero-order chi connectivity index (χ0) is 11.0. The number of hydrogen-bond donors (Lipinski definition) is 0. The molecule has 0 nitrogen and oxygen atoms in total. The van der Waals surface area contributed by atoms with E-state index in [1.165, 1.54) is 15.6 Å². The van der Waals surface area contributed by atoms with Gasteiger partial charge in [0.15, 0.2) is 0 Å². The molecule has 2 rings (SSSR count). The predicted octanol–water partition coefficient (Wildman–Crippen LogP) is 5.60. The Morgan fingerprint density at radius 3 is 2.73 bits per heavy atom. The molecule has 2 aromatic rings. The van der Waals surface area contributed by atoms with Crippen molar-refractivity contribution in [2.24, 2.45) is 5.92 Å². The molecule has 0 spiro atoms. The summed E-state index contributed by atoms with van der Waals surface area (Å²) >= 11 is 11.7. The molecule has 0 N–H and O–H groups in total. The third-order valence-corrected chi connectivity index (χ3v) is 5.17. The zero-order valence-electron chi connectivity index (χ0n) is 8.63. The number of alkyl halides is 1. The molecule has 3 heteroatoms. The second-order valence-corrected chi connectivity index (χ2v) is 6.16. The van der Waals surface area contributed by atoms with Crippen molar-refractivity contribution in [3.8, 4) is 0 Å². The summed E-state index contributed by atoms with van der Waals surface area (Å²) < 4.78 is 2.45. The molecule has 0 saturated heterocycles. The summed E-state index contributed by atoms with van der Waals surface area (Å²) in [5.41, 5.74) is 1.26. The lowest BCUT2D eigenvalue weighted by atomic mass is 10.0. The zero-order valence-corrected chi connectivity index (χ0v) is 11.8. The highest BCUT2D eigenvalue weighted by Gasteiger charge is 2.17. The van der Waals surface area contributed by atoms with Gasteiger partial charge in [0.2, 0.25) is 0 Å². The Bertz CT molecular complexity index is 475. The first-order valence-electron chi connectivity index (χ1n) is 4.91. The van der Waals surface area contributed by atoms with Gasteiger partial charge in [-0.2, -0.15) is 0 Å². The maximum atomic E-state index is 6.41. The topological polar surface area (TPSA) is 0 Å². The van der Waals surface area contributed by atoms with Gasteiger partial charge in [0.1, 0.15) is 0 Å². The maximum Gasteiger partial charge on any atom is 0.0622 e. The standard InChI is InChI=1S/C12H12BrClS/c1-7(2)11(14)9-6-15-12-8(9)4-3-5-10(12)13/h3-7,11H,1-2H3. The SMILES string of the molecule is CC(C)C(Cl)c1csc2c(Br)cccc12. The van der Waals surface area contributed by atoms with Crippen LogP contribution in [0.2, 0.25) is 0 Å². The van der Waals surface area contributed by atoms with Gasteiger partial charge in [-0.1, -0.05) is 26.0 Å². The van der Waals surface area contributed by atoms with Crippen LogP contribution >= 0.6 is 38.9 Å². The molecule has 0 amide bonds. The van der Waals surface area contributed by atoms with Gasteiger partial charge in [-0.05, 0) is 44.2 Å². The molecular weight excluding hydrogens is 292 g/mol. The van der Waals surface area contributed by atoms with Crippen LogP contribution in [0.4, 0.5) is 0 Å². The van der Waals surface area contributed by atoms with Gasteiger partial charge < -0.3 is 0 Å². The molecule has 0 aliphatic carbocycles. The Hall–Kier alpha value is -0.0500. The van der Waals surface area contributed by atoms with Crippen molar-refractivity contribution < 1.29 is 0 Å². The molecule has 1 heterocycles. The van der Waals surface area contributed by atoms with E-state index in [2.05, 4.69) is 53.4 Å². The van der Waals surface area contributed by atoms with E-state index < -0.39 is 0 Å². The summed E-state index contributed by atoms with van der Waals surface area (Å²) in [5, 5.41) is 3.56. The highest BCUT2D eigenvalue weighted by molar-refractivity contribution is 9.10. The average molecular weight is 304 g/mol. The van der Waals surface area contributed by atoms with E-state index >= 15 is 0 Å². The predicted molar refractivity (Wildman–Crippen MR) is 73.0 cm³/mol. The first-order chi connectivity index (χ1) is 7.11. The number of fused-ring (bicyclic) bond motifs is 1. The Morgan fingerprint density at radius 1 is 1.33 bits per heavy atom. The normalized spacial score (nSPS) is 13.7. The summed E-state index contributed by atoms with van der Waals surface area (Å²) in [6.45, 7) is 4.30. The number of halogens is 2. The molecule has 0 aliphatic heterocycles. The summed E-state index contributed by atoms with van der Waals surface area (Å²) in [7, 11) is 0. The fraction of sp³-hybridized carbons (Fsp3) is 0.333. The molecule has 1 atom stereocenters. The van der Waals surface area contributed by atoms with Crippen LogP contribution in [0.5, 0.6) is 0 Å². The lowest BCUT2D eigenvalue weighted by Gasteiger charge is -2.12. The second-order valence-electron chi connectivity index (χ2n) is 3.95. The summed E-state index contributed by atoms with van der Waals surface area (Å²) in [6, 6.07) is 6.28. The van der Waals surface area contributed by atoms with Gasteiger partial charge in [0, 0.05) is 9.17 Å². The van der Waals surface area contributed by atoms with Crippen LogP contribution in [0.1, 0.15) is 24.8 Å². The minimum atomic E-state index is 0.105. The van der Waals surface area contributed by atoms with Gasteiger partial charge in [-0.3, -0.25) is 0 Å². The molecule has 0 radical (unpaired) electrons. The quantitative estimate of drug-likeness (QED) is 0.633. The maximum absolute atomic E-state index is 6.41. The second kappa shape index (κ2) is 4.44. The van der Waals surface area contributed by atoms with E-state index in [0.717, 1.165) is 4.47 Å².